The lowest BCUT2D eigenvalue weighted by molar-refractivity contribution is 0.216. The number of aromatic nitrogens is 2. The van der Waals surface area contributed by atoms with E-state index in [4.69, 9.17) is 16.0 Å². The molecule has 0 unspecified atom stereocenters. The van der Waals surface area contributed by atoms with Gasteiger partial charge < -0.3 is 4.42 Å². The number of benzene rings is 1. The highest BCUT2D eigenvalue weighted by atomic mass is 35.5. The molecule has 0 spiro atoms. The van der Waals surface area contributed by atoms with E-state index in [1.165, 1.54) is 10.5 Å². The summed E-state index contributed by atoms with van der Waals surface area (Å²) in [6, 6.07) is 10.3. The third kappa shape index (κ3) is 3.97. The van der Waals surface area contributed by atoms with Gasteiger partial charge in [-0.05, 0) is 42.7 Å². The van der Waals surface area contributed by atoms with Crippen LogP contribution < -0.4 is 0 Å². The van der Waals surface area contributed by atoms with Crippen LogP contribution in [-0.4, -0.2) is 29.2 Å². The zero-order valence-corrected chi connectivity index (χ0v) is 16.7. The molecule has 0 bridgehead atoms. The van der Waals surface area contributed by atoms with Crippen molar-refractivity contribution in [1.82, 2.24) is 14.3 Å². The highest BCUT2D eigenvalue weighted by Crippen LogP contribution is 2.35. The average molecular weight is 418 g/mol. The lowest BCUT2D eigenvalue weighted by atomic mass is 10.1. The van der Waals surface area contributed by atoms with Gasteiger partial charge in [0.15, 0.2) is 0 Å². The Kier molecular flexibility index (Phi) is 5.48. The van der Waals surface area contributed by atoms with E-state index in [0.717, 1.165) is 18.4 Å². The second kappa shape index (κ2) is 8.03. The Bertz CT molecular complexity index is 1040. The van der Waals surface area contributed by atoms with Crippen molar-refractivity contribution in [3.8, 4) is 0 Å². The van der Waals surface area contributed by atoms with Gasteiger partial charge in [0.25, 0.3) is 0 Å². The molecule has 8 heteroatoms. The molecule has 28 heavy (non-hydrogen) atoms. The molecule has 1 saturated heterocycles. The molecule has 1 aliphatic heterocycles. The third-order valence-corrected chi connectivity index (χ3v) is 6.99. The van der Waals surface area contributed by atoms with E-state index in [1.807, 2.05) is 24.3 Å². The number of pyridine rings is 1. The van der Waals surface area contributed by atoms with Crippen LogP contribution in [0.2, 0.25) is 5.02 Å². The van der Waals surface area contributed by atoms with Crippen molar-refractivity contribution < 1.29 is 12.8 Å². The van der Waals surface area contributed by atoms with Gasteiger partial charge in [0.05, 0.1) is 6.20 Å². The Morgan fingerprint density at radius 3 is 2.71 bits per heavy atom. The first-order valence-corrected chi connectivity index (χ1v) is 11.0. The number of halogens is 1. The molecule has 1 aromatic carbocycles. The molecule has 3 aromatic rings. The number of nitrogens with zero attached hydrogens (tertiary/aromatic N) is 3. The van der Waals surface area contributed by atoms with Gasteiger partial charge in [-0.25, -0.2) is 13.4 Å². The fraction of sp³-hybridized carbons (Fsp3) is 0.300. The first-order valence-electron chi connectivity index (χ1n) is 9.15. The van der Waals surface area contributed by atoms with Crippen molar-refractivity contribution >= 4 is 21.6 Å². The van der Waals surface area contributed by atoms with Crippen LogP contribution in [0.4, 0.5) is 0 Å². The topological polar surface area (TPSA) is 76.3 Å². The van der Waals surface area contributed by atoms with Crippen LogP contribution in [0, 0.1) is 0 Å². The minimum Gasteiger partial charge on any atom is -0.444 e. The van der Waals surface area contributed by atoms with Gasteiger partial charge in [-0.15, -0.1) is 0 Å². The Hall–Kier alpha value is -2.22. The smallest absolute Gasteiger partial charge is 0.245 e. The van der Waals surface area contributed by atoms with Gasteiger partial charge in [0.1, 0.15) is 16.7 Å². The quantitative estimate of drug-likeness (QED) is 0.620. The van der Waals surface area contributed by atoms with Crippen LogP contribution >= 0.6 is 11.6 Å². The van der Waals surface area contributed by atoms with E-state index >= 15 is 0 Å². The molecule has 1 fully saturated rings. The fourth-order valence-corrected chi connectivity index (χ4v) is 5.18. The second-order valence-electron chi connectivity index (χ2n) is 6.78. The summed E-state index contributed by atoms with van der Waals surface area (Å²) in [5.41, 5.74) is 1.05. The Morgan fingerprint density at radius 1 is 1.14 bits per heavy atom. The van der Waals surface area contributed by atoms with Crippen LogP contribution in [0.3, 0.4) is 0 Å². The van der Waals surface area contributed by atoms with Crippen LogP contribution in [-0.2, 0) is 16.4 Å². The predicted octanol–water partition coefficient (Wildman–Crippen LogP) is 4.23. The molecular weight excluding hydrogens is 398 g/mol. The fourth-order valence-electron chi connectivity index (χ4n) is 3.44. The van der Waals surface area contributed by atoms with E-state index < -0.39 is 16.1 Å². The van der Waals surface area contributed by atoms with Crippen molar-refractivity contribution in [2.45, 2.75) is 36.6 Å². The maximum absolute atomic E-state index is 13.1. The van der Waals surface area contributed by atoms with Gasteiger partial charge in [-0.2, -0.15) is 4.31 Å². The zero-order valence-electron chi connectivity index (χ0n) is 15.2. The first-order chi connectivity index (χ1) is 13.5. The van der Waals surface area contributed by atoms with Crippen molar-refractivity contribution in [3.05, 3.63) is 77.2 Å². The van der Waals surface area contributed by atoms with Crippen molar-refractivity contribution in [2.75, 3.05) is 6.54 Å². The maximum atomic E-state index is 13.1. The predicted molar refractivity (Wildman–Crippen MR) is 105 cm³/mol. The molecule has 0 amide bonds. The molecule has 3 heterocycles. The van der Waals surface area contributed by atoms with Crippen LogP contribution in [0.25, 0.3) is 0 Å². The molecule has 6 nitrogen and oxygen atoms in total. The largest absolute Gasteiger partial charge is 0.444 e. The minimum atomic E-state index is -3.66. The van der Waals surface area contributed by atoms with E-state index in [1.54, 1.807) is 24.5 Å². The normalized spacial score (nSPS) is 18.2. The SMILES string of the molecule is O=S(=O)(c1cccnc1)N1CCCC[C@@H]1c1ncc(Cc2ccc(Cl)cc2)o1. The van der Waals surface area contributed by atoms with Gasteiger partial charge in [0, 0.05) is 30.4 Å². The molecule has 1 aliphatic rings. The number of piperidine rings is 1. The van der Waals surface area contributed by atoms with E-state index in [9.17, 15) is 8.42 Å². The zero-order chi connectivity index (χ0) is 19.6. The molecule has 0 radical (unpaired) electrons. The first kappa shape index (κ1) is 19.1. The lowest BCUT2D eigenvalue weighted by Crippen LogP contribution is -2.38. The van der Waals surface area contributed by atoms with Crippen LogP contribution in [0.15, 0.2) is 64.3 Å². The highest BCUT2D eigenvalue weighted by molar-refractivity contribution is 7.89. The summed E-state index contributed by atoms with van der Waals surface area (Å²) in [6.07, 6.45) is 7.61. The highest BCUT2D eigenvalue weighted by Gasteiger charge is 2.37. The number of oxazole rings is 1. The van der Waals surface area contributed by atoms with E-state index in [0.29, 0.717) is 36.1 Å². The van der Waals surface area contributed by atoms with E-state index in [-0.39, 0.29) is 4.90 Å². The summed E-state index contributed by atoms with van der Waals surface area (Å²) < 4.78 is 33.7. The minimum absolute atomic E-state index is 0.190. The van der Waals surface area contributed by atoms with Crippen LogP contribution in [0.5, 0.6) is 0 Å². The Morgan fingerprint density at radius 2 is 1.96 bits per heavy atom. The summed E-state index contributed by atoms with van der Waals surface area (Å²) in [6.45, 7) is 0.441. The van der Waals surface area contributed by atoms with Gasteiger partial charge in [-0.1, -0.05) is 30.2 Å². The molecule has 0 aliphatic carbocycles. The standard InChI is InChI=1S/C20H20ClN3O3S/c21-16-8-6-15(7-9-16)12-17-13-23-20(27-17)19-5-1-2-11-24(19)28(25,26)18-4-3-10-22-14-18/h3-4,6-10,13-14,19H,1-2,5,11-12H2/t19-/m1/s1. The van der Waals surface area contributed by atoms with E-state index in [2.05, 4.69) is 9.97 Å². The number of sulfonamides is 1. The summed E-state index contributed by atoms with van der Waals surface area (Å²) in [7, 11) is -3.66. The van der Waals surface area contributed by atoms with Gasteiger partial charge in [0.2, 0.25) is 15.9 Å². The molecule has 2 aromatic heterocycles. The average Bonchev–Trinajstić information content (AvgIpc) is 3.19. The summed E-state index contributed by atoms with van der Waals surface area (Å²) >= 11 is 5.93. The Labute approximate surface area is 169 Å². The molecule has 146 valence electrons. The van der Waals surface area contributed by atoms with Crippen molar-refractivity contribution in [2.24, 2.45) is 0 Å². The monoisotopic (exact) mass is 417 g/mol. The Balaban J connectivity index is 1.58. The van der Waals surface area contributed by atoms with Gasteiger partial charge >= 0.3 is 0 Å². The molecule has 0 N–H and O–H groups in total. The molecular formula is C20H20ClN3O3S. The lowest BCUT2D eigenvalue weighted by Gasteiger charge is -2.32. The molecule has 1 atom stereocenters. The number of hydrogen-bond acceptors (Lipinski definition) is 5. The second-order valence-corrected chi connectivity index (χ2v) is 9.11. The third-order valence-electron chi connectivity index (χ3n) is 4.84. The number of rotatable bonds is 5. The van der Waals surface area contributed by atoms with Gasteiger partial charge in [-0.3, -0.25) is 4.98 Å². The summed E-state index contributed by atoms with van der Waals surface area (Å²) in [4.78, 5) is 8.53. The van der Waals surface area contributed by atoms with Crippen LogP contribution in [0.1, 0.15) is 42.5 Å². The van der Waals surface area contributed by atoms with Crippen molar-refractivity contribution in [1.29, 1.82) is 0 Å². The summed E-state index contributed by atoms with van der Waals surface area (Å²) in [5, 5.41) is 0.681. The van der Waals surface area contributed by atoms with Crippen molar-refractivity contribution in [3.63, 3.8) is 0 Å². The summed E-state index contributed by atoms with van der Waals surface area (Å²) in [5.74, 6) is 1.14. The molecule has 0 saturated carbocycles. The maximum Gasteiger partial charge on any atom is 0.245 e. The number of hydrogen-bond donors (Lipinski definition) is 0. The molecule has 4 rings (SSSR count).